The molecule has 0 fully saturated rings. The highest BCUT2D eigenvalue weighted by Gasteiger charge is 2.07. The van der Waals surface area contributed by atoms with Crippen LogP contribution in [0.15, 0.2) is 53.4 Å². The van der Waals surface area contributed by atoms with Crippen LogP contribution in [-0.4, -0.2) is 21.0 Å². The van der Waals surface area contributed by atoms with Crippen molar-refractivity contribution in [3.05, 3.63) is 65.2 Å². The molecular formula is C18H24N2O2S. The first-order valence-corrected chi connectivity index (χ1v) is 9.30. The fourth-order valence-electron chi connectivity index (χ4n) is 2.55. The van der Waals surface area contributed by atoms with Gasteiger partial charge >= 0.3 is 0 Å². The highest BCUT2D eigenvalue weighted by atomic mass is 32.2. The second-order valence-electron chi connectivity index (χ2n) is 5.92. The van der Waals surface area contributed by atoms with Crippen LogP contribution < -0.4 is 10.5 Å². The van der Waals surface area contributed by atoms with Crippen LogP contribution in [0, 0.1) is 6.92 Å². The van der Waals surface area contributed by atoms with Gasteiger partial charge in [-0.25, -0.2) is 13.6 Å². The third-order valence-corrected chi connectivity index (χ3v) is 4.87. The van der Waals surface area contributed by atoms with Gasteiger partial charge in [-0.1, -0.05) is 36.4 Å². The molecule has 0 bridgehead atoms. The molecule has 0 aliphatic heterocycles. The minimum atomic E-state index is -3.61. The number of benzene rings is 2. The summed E-state index contributed by atoms with van der Waals surface area (Å²) in [5.41, 5.74) is 3.78. The summed E-state index contributed by atoms with van der Waals surface area (Å²) in [6, 6.07) is 15.6. The molecule has 1 atom stereocenters. The molecule has 0 saturated carbocycles. The number of hydrogen-bond donors (Lipinski definition) is 2. The molecule has 23 heavy (non-hydrogen) atoms. The van der Waals surface area contributed by atoms with Crippen molar-refractivity contribution in [1.82, 2.24) is 5.32 Å². The smallest absolute Gasteiger partial charge is 0.238 e. The summed E-state index contributed by atoms with van der Waals surface area (Å²) in [4.78, 5) is 0.155. The number of hydrogen-bond acceptors (Lipinski definition) is 3. The number of sulfonamides is 1. The summed E-state index contributed by atoms with van der Waals surface area (Å²) in [5.74, 6) is 0. The molecule has 0 aliphatic rings. The van der Waals surface area contributed by atoms with E-state index in [1.807, 2.05) is 12.1 Å². The van der Waals surface area contributed by atoms with E-state index in [1.54, 1.807) is 12.1 Å². The van der Waals surface area contributed by atoms with Gasteiger partial charge in [-0.3, -0.25) is 0 Å². The van der Waals surface area contributed by atoms with Crippen molar-refractivity contribution in [3.63, 3.8) is 0 Å². The van der Waals surface area contributed by atoms with Crippen LogP contribution in [-0.2, 0) is 22.9 Å². The number of nitrogens with one attached hydrogen (secondary N) is 1. The van der Waals surface area contributed by atoms with Crippen LogP contribution in [0.3, 0.4) is 0 Å². The molecule has 4 nitrogen and oxygen atoms in total. The van der Waals surface area contributed by atoms with Gasteiger partial charge in [0.1, 0.15) is 0 Å². The van der Waals surface area contributed by atoms with Crippen molar-refractivity contribution in [2.24, 2.45) is 5.14 Å². The summed E-state index contributed by atoms with van der Waals surface area (Å²) in [7, 11) is -3.61. The molecule has 0 radical (unpaired) electrons. The molecule has 0 aromatic heterocycles. The Morgan fingerprint density at radius 2 is 1.74 bits per heavy atom. The van der Waals surface area contributed by atoms with E-state index in [9.17, 15) is 8.42 Å². The SMILES string of the molecule is Cc1ccccc1C[C@@H](C)NCCc1ccc(S(N)(=O)=O)cc1. The Balaban J connectivity index is 1.82. The predicted molar refractivity (Wildman–Crippen MR) is 93.9 cm³/mol. The monoisotopic (exact) mass is 332 g/mol. The Morgan fingerprint density at radius 1 is 1.09 bits per heavy atom. The van der Waals surface area contributed by atoms with Crippen LogP contribution in [0.25, 0.3) is 0 Å². The maximum absolute atomic E-state index is 11.2. The highest BCUT2D eigenvalue weighted by molar-refractivity contribution is 7.89. The summed E-state index contributed by atoms with van der Waals surface area (Å²) in [6.45, 7) is 5.16. The third kappa shape index (κ3) is 5.46. The quantitative estimate of drug-likeness (QED) is 0.818. The van der Waals surface area contributed by atoms with Gasteiger partial charge in [-0.15, -0.1) is 0 Å². The van der Waals surface area contributed by atoms with E-state index in [0.29, 0.717) is 6.04 Å². The van der Waals surface area contributed by atoms with Crippen molar-refractivity contribution >= 4 is 10.0 Å². The van der Waals surface area contributed by atoms with Crippen LogP contribution in [0.5, 0.6) is 0 Å². The van der Waals surface area contributed by atoms with E-state index in [-0.39, 0.29) is 4.90 Å². The van der Waals surface area contributed by atoms with Gasteiger partial charge in [-0.05, 0) is 62.1 Å². The first kappa shape index (κ1) is 17.7. The summed E-state index contributed by atoms with van der Waals surface area (Å²) in [6.07, 6.45) is 1.85. The average Bonchev–Trinajstić information content (AvgIpc) is 2.49. The highest BCUT2D eigenvalue weighted by Crippen LogP contribution is 2.11. The summed E-state index contributed by atoms with van der Waals surface area (Å²) in [5, 5.41) is 8.60. The molecule has 2 rings (SSSR count). The van der Waals surface area contributed by atoms with Crippen molar-refractivity contribution in [2.45, 2.75) is 37.6 Å². The van der Waals surface area contributed by atoms with Gasteiger partial charge in [0.2, 0.25) is 10.0 Å². The molecule has 0 amide bonds. The predicted octanol–water partition coefficient (Wildman–Crippen LogP) is 2.41. The van der Waals surface area contributed by atoms with Crippen LogP contribution in [0.2, 0.25) is 0 Å². The van der Waals surface area contributed by atoms with E-state index < -0.39 is 10.0 Å². The molecule has 124 valence electrons. The van der Waals surface area contributed by atoms with Crippen LogP contribution in [0.4, 0.5) is 0 Å². The molecule has 0 aliphatic carbocycles. The van der Waals surface area contributed by atoms with Crippen molar-refractivity contribution in [3.8, 4) is 0 Å². The summed E-state index contributed by atoms with van der Waals surface area (Å²) < 4.78 is 22.4. The molecule has 5 heteroatoms. The van der Waals surface area contributed by atoms with Gasteiger partial charge in [0.15, 0.2) is 0 Å². The Hall–Kier alpha value is -1.69. The molecule has 0 spiro atoms. The minimum absolute atomic E-state index is 0.155. The van der Waals surface area contributed by atoms with Crippen LogP contribution in [0.1, 0.15) is 23.6 Å². The number of nitrogens with two attached hydrogens (primary N) is 1. The minimum Gasteiger partial charge on any atom is -0.314 e. The lowest BCUT2D eigenvalue weighted by atomic mass is 10.0. The van der Waals surface area contributed by atoms with E-state index in [1.165, 1.54) is 11.1 Å². The Morgan fingerprint density at radius 3 is 2.35 bits per heavy atom. The molecular weight excluding hydrogens is 308 g/mol. The van der Waals surface area contributed by atoms with Crippen LogP contribution >= 0.6 is 0 Å². The standard InChI is InChI=1S/C18H24N2O2S/c1-14-5-3-4-6-17(14)13-15(2)20-12-11-16-7-9-18(10-8-16)23(19,21)22/h3-10,15,20H,11-13H2,1-2H3,(H2,19,21,22)/t15-/m1/s1. The Bertz CT molecular complexity index is 740. The zero-order chi connectivity index (χ0) is 16.9. The lowest BCUT2D eigenvalue weighted by Crippen LogP contribution is -2.30. The van der Waals surface area contributed by atoms with Gasteiger partial charge in [0.05, 0.1) is 4.90 Å². The number of aryl methyl sites for hydroxylation is 1. The molecule has 3 N–H and O–H groups in total. The fourth-order valence-corrected chi connectivity index (χ4v) is 3.07. The maximum atomic E-state index is 11.2. The number of rotatable bonds is 7. The van der Waals surface area contributed by atoms with Crippen molar-refractivity contribution in [1.29, 1.82) is 0 Å². The first-order valence-electron chi connectivity index (χ1n) is 7.76. The first-order chi connectivity index (χ1) is 10.9. The zero-order valence-corrected chi connectivity index (χ0v) is 14.4. The van der Waals surface area contributed by atoms with E-state index in [0.717, 1.165) is 24.9 Å². The Kier molecular flexibility index (Phi) is 5.93. The van der Waals surface area contributed by atoms with E-state index >= 15 is 0 Å². The van der Waals surface area contributed by atoms with Gasteiger partial charge in [-0.2, -0.15) is 0 Å². The molecule has 0 unspecified atom stereocenters. The largest absolute Gasteiger partial charge is 0.314 e. The molecule has 2 aromatic carbocycles. The molecule has 0 saturated heterocycles. The lowest BCUT2D eigenvalue weighted by molar-refractivity contribution is 0.547. The van der Waals surface area contributed by atoms with E-state index in [2.05, 4.69) is 43.4 Å². The third-order valence-electron chi connectivity index (χ3n) is 3.95. The molecule has 2 aromatic rings. The van der Waals surface area contributed by atoms with Gasteiger partial charge in [0.25, 0.3) is 0 Å². The lowest BCUT2D eigenvalue weighted by Gasteiger charge is -2.15. The fraction of sp³-hybridized carbons (Fsp3) is 0.333. The van der Waals surface area contributed by atoms with Gasteiger partial charge in [0, 0.05) is 6.04 Å². The second kappa shape index (κ2) is 7.73. The molecule has 0 heterocycles. The Labute approximate surface area is 138 Å². The van der Waals surface area contributed by atoms with Gasteiger partial charge < -0.3 is 5.32 Å². The average molecular weight is 332 g/mol. The normalized spacial score (nSPS) is 13.0. The number of primary sulfonamides is 1. The summed E-state index contributed by atoms with van der Waals surface area (Å²) >= 11 is 0. The topological polar surface area (TPSA) is 72.2 Å². The van der Waals surface area contributed by atoms with E-state index in [4.69, 9.17) is 5.14 Å². The maximum Gasteiger partial charge on any atom is 0.238 e. The van der Waals surface area contributed by atoms with Crippen molar-refractivity contribution in [2.75, 3.05) is 6.54 Å². The zero-order valence-electron chi connectivity index (χ0n) is 13.6. The second-order valence-corrected chi connectivity index (χ2v) is 7.49. The van der Waals surface area contributed by atoms with Crippen molar-refractivity contribution < 1.29 is 8.42 Å².